The molecule has 6 nitrogen and oxygen atoms in total. The average molecular weight is 258 g/mol. The third-order valence-corrected chi connectivity index (χ3v) is 3.19. The van der Waals surface area contributed by atoms with Crippen LogP contribution >= 0.6 is 0 Å². The quantitative estimate of drug-likeness (QED) is 0.856. The van der Waals surface area contributed by atoms with Crippen molar-refractivity contribution >= 4 is 11.7 Å². The van der Waals surface area contributed by atoms with Gasteiger partial charge in [0.05, 0.1) is 12.4 Å². The lowest BCUT2D eigenvalue weighted by atomic mass is 10.2. The zero-order chi connectivity index (χ0) is 13.2. The monoisotopic (exact) mass is 258 g/mol. The van der Waals surface area contributed by atoms with Crippen molar-refractivity contribution < 1.29 is 9.90 Å². The number of hydrogen-bond donors (Lipinski definition) is 2. The molecule has 0 atom stereocenters. The minimum Gasteiger partial charge on any atom is -0.506 e. The number of fused-ring (bicyclic) bond motifs is 1. The number of aromatic hydroxyl groups is 1. The van der Waals surface area contributed by atoms with Gasteiger partial charge < -0.3 is 15.0 Å². The molecule has 0 saturated carbocycles. The Labute approximate surface area is 110 Å². The number of amides is 1. The van der Waals surface area contributed by atoms with Crippen LogP contribution in [0.15, 0.2) is 24.5 Å². The molecule has 0 saturated heterocycles. The maximum absolute atomic E-state index is 12.0. The van der Waals surface area contributed by atoms with Crippen molar-refractivity contribution in [3.63, 3.8) is 0 Å². The molecular weight excluding hydrogens is 244 g/mol. The molecule has 0 bridgehead atoms. The van der Waals surface area contributed by atoms with Gasteiger partial charge in [-0.15, -0.1) is 0 Å². The van der Waals surface area contributed by atoms with Crippen LogP contribution in [0.5, 0.6) is 5.75 Å². The summed E-state index contributed by atoms with van der Waals surface area (Å²) < 4.78 is 2.03. The number of carbonyl (C=O) groups is 1. The Morgan fingerprint density at radius 2 is 2.16 bits per heavy atom. The molecule has 0 aromatic carbocycles. The summed E-state index contributed by atoms with van der Waals surface area (Å²) >= 11 is 0. The number of pyridine rings is 1. The fourth-order valence-electron chi connectivity index (χ4n) is 2.22. The van der Waals surface area contributed by atoms with Crippen molar-refractivity contribution in [1.29, 1.82) is 0 Å². The fourth-order valence-corrected chi connectivity index (χ4v) is 2.22. The summed E-state index contributed by atoms with van der Waals surface area (Å²) in [6.45, 7) is 0.883. The molecule has 1 aliphatic heterocycles. The van der Waals surface area contributed by atoms with Crippen LogP contribution in [-0.2, 0) is 13.0 Å². The number of carbonyl (C=O) groups excluding carboxylic acids is 1. The molecule has 3 heterocycles. The van der Waals surface area contributed by atoms with Crippen LogP contribution in [-0.4, -0.2) is 25.5 Å². The van der Waals surface area contributed by atoms with E-state index in [0.717, 1.165) is 31.6 Å². The van der Waals surface area contributed by atoms with E-state index in [-0.39, 0.29) is 17.4 Å². The highest BCUT2D eigenvalue weighted by Crippen LogP contribution is 2.20. The van der Waals surface area contributed by atoms with Crippen LogP contribution in [0.4, 0.5) is 5.82 Å². The Morgan fingerprint density at radius 1 is 1.26 bits per heavy atom. The minimum atomic E-state index is -0.298. The molecule has 0 radical (unpaired) electrons. The molecule has 0 spiro atoms. The molecule has 0 unspecified atom stereocenters. The molecule has 2 N–H and O–H groups in total. The van der Waals surface area contributed by atoms with Crippen LogP contribution < -0.4 is 5.32 Å². The Hall–Kier alpha value is -2.37. The summed E-state index contributed by atoms with van der Waals surface area (Å²) in [6, 6.07) is 2.92. The van der Waals surface area contributed by atoms with Gasteiger partial charge in [0, 0.05) is 13.0 Å². The molecule has 1 aliphatic rings. The average Bonchev–Trinajstić information content (AvgIpc) is 2.83. The van der Waals surface area contributed by atoms with Crippen molar-refractivity contribution in [3.05, 3.63) is 36.0 Å². The van der Waals surface area contributed by atoms with Crippen molar-refractivity contribution in [1.82, 2.24) is 14.5 Å². The Balaban J connectivity index is 1.79. The molecule has 1 amide bonds. The Kier molecular flexibility index (Phi) is 2.91. The van der Waals surface area contributed by atoms with E-state index >= 15 is 0 Å². The van der Waals surface area contributed by atoms with E-state index in [9.17, 15) is 4.79 Å². The lowest BCUT2D eigenvalue weighted by Crippen LogP contribution is -2.18. The smallest absolute Gasteiger partial charge is 0.275 e. The van der Waals surface area contributed by atoms with E-state index in [4.69, 9.17) is 5.11 Å². The number of nitrogens with zero attached hydrogens (tertiary/aromatic N) is 3. The van der Waals surface area contributed by atoms with Crippen molar-refractivity contribution in [3.8, 4) is 5.75 Å². The lowest BCUT2D eigenvalue weighted by Gasteiger charge is -2.16. The first-order chi connectivity index (χ1) is 9.24. The summed E-state index contributed by atoms with van der Waals surface area (Å²) in [6.07, 6.45) is 6.13. The highest BCUT2D eigenvalue weighted by atomic mass is 16.3. The van der Waals surface area contributed by atoms with Crippen LogP contribution in [0.2, 0.25) is 0 Å². The van der Waals surface area contributed by atoms with Crippen LogP contribution in [0.3, 0.4) is 0 Å². The number of imidazole rings is 1. The maximum atomic E-state index is 12.0. The first kappa shape index (κ1) is 11.7. The molecule has 0 fully saturated rings. The molecule has 6 heteroatoms. The third-order valence-electron chi connectivity index (χ3n) is 3.19. The number of aromatic nitrogens is 3. The zero-order valence-electron chi connectivity index (χ0n) is 10.3. The largest absolute Gasteiger partial charge is 0.506 e. The standard InChI is InChI=1S/C13H14N4O2/c18-9-4-5-10(14-7-9)13(19)16-12-8-15-11-3-1-2-6-17(11)12/h4-5,7-8,18H,1-3,6H2,(H,16,19). The van der Waals surface area contributed by atoms with Gasteiger partial charge in [-0.3, -0.25) is 4.79 Å². The molecule has 98 valence electrons. The van der Waals surface area contributed by atoms with E-state index in [1.54, 1.807) is 6.20 Å². The topological polar surface area (TPSA) is 80.0 Å². The molecule has 2 aromatic rings. The van der Waals surface area contributed by atoms with Crippen LogP contribution in [0, 0.1) is 0 Å². The number of rotatable bonds is 2. The lowest BCUT2D eigenvalue weighted by molar-refractivity contribution is 0.102. The van der Waals surface area contributed by atoms with Gasteiger partial charge in [-0.1, -0.05) is 0 Å². The van der Waals surface area contributed by atoms with E-state index in [1.807, 2.05) is 4.57 Å². The molecule has 0 aliphatic carbocycles. The van der Waals surface area contributed by atoms with Gasteiger partial charge in [-0.05, 0) is 25.0 Å². The second kappa shape index (κ2) is 4.72. The second-order valence-electron chi connectivity index (χ2n) is 4.52. The van der Waals surface area contributed by atoms with Crippen molar-refractivity contribution in [2.24, 2.45) is 0 Å². The van der Waals surface area contributed by atoms with E-state index in [1.165, 1.54) is 18.3 Å². The fraction of sp³-hybridized carbons (Fsp3) is 0.308. The first-order valence-corrected chi connectivity index (χ1v) is 6.25. The summed E-state index contributed by atoms with van der Waals surface area (Å²) in [4.78, 5) is 20.2. The summed E-state index contributed by atoms with van der Waals surface area (Å²) in [5.74, 6) is 1.46. The Bertz CT molecular complexity index is 604. The molecule has 3 rings (SSSR count). The normalized spacial score (nSPS) is 13.9. The van der Waals surface area contributed by atoms with Gasteiger partial charge in [0.1, 0.15) is 23.1 Å². The van der Waals surface area contributed by atoms with Gasteiger partial charge in [0.15, 0.2) is 0 Å². The number of hydrogen-bond acceptors (Lipinski definition) is 4. The second-order valence-corrected chi connectivity index (χ2v) is 4.52. The Morgan fingerprint density at radius 3 is 2.95 bits per heavy atom. The third kappa shape index (κ3) is 2.29. The maximum Gasteiger partial charge on any atom is 0.275 e. The molecule has 19 heavy (non-hydrogen) atoms. The first-order valence-electron chi connectivity index (χ1n) is 6.25. The highest BCUT2D eigenvalue weighted by molar-refractivity contribution is 6.02. The molecular formula is C13H14N4O2. The highest BCUT2D eigenvalue weighted by Gasteiger charge is 2.16. The summed E-state index contributed by atoms with van der Waals surface area (Å²) in [5, 5.41) is 11.9. The minimum absolute atomic E-state index is 0.0401. The van der Waals surface area contributed by atoms with Gasteiger partial charge in [-0.2, -0.15) is 0 Å². The number of anilines is 1. The van der Waals surface area contributed by atoms with Crippen molar-refractivity contribution in [2.75, 3.05) is 5.32 Å². The number of aryl methyl sites for hydroxylation is 1. The van der Waals surface area contributed by atoms with Gasteiger partial charge >= 0.3 is 0 Å². The number of nitrogens with one attached hydrogen (secondary N) is 1. The van der Waals surface area contributed by atoms with Gasteiger partial charge in [0.2, 0.25) is 0 Å². The molecule has 2 aromatic heterocycles. The van der Waals surface area contributed by atoms with Crippen LogP contribution in [0.1, 0.15) is 29.2 Å². The van der Waals surface area contributed by atoms with E-state index < -0.39 is 0 Å². The zero-order valence-corrected chi connectivity index (χ0v) is 10.3. The van der Waals surface area contributed by atoms with Gasteiger partial charge in [-0.25, -0.2) is 9.97 Å². The van der Waals surface area contributed by atoms with Gasteiger partial charge in [0.25, 0.3) is 5.91 Å². The summed E-state index contributed by atoms with van der Waals surface area (Å²) in [7, 11) is 0. The van der Waals surface area contributed by atoms with E-state index in [0.29, 0.717) is 5.82 Å². The summed E-state index contributed by atoms with van der Waals surface area (Å²) in [5.41, 5.74) is 0.268. The van der Waals surface area contributed by atoms with Crippen molar-refractivity contribution in [2.45, 2.75) is 25.8 Å². The SMILES string of the molecule is O=C(Nc1cnc2n1CCCC2)c1ccc(O)cn1. The van der Waals surface area contributed by atoms with Crippen LogP contribution in [0.25, 0.3) is 0 Å². The predicted molar refractivity (Wildman–Crippen MR) is 69.0 cm³/mol. The predicted octanol–water partition coefficient (Wildman–Crippen LogP) is 1.57. The van der Waals surface area contributed by atoms with E-state index in [2.05, 4.69) is 15.3 Å².